The Balaban J connectivity index is 1.67. The number of anilines is 1. The van der Waals surface area contributed by atoms with Gasteiger partial charge in [0.15, 0.2) is 0 Å². The molecule has 0 spiro atoms. The minimum atomic E-state index is -0.199. The number of hydrogen-bond acceptors (Lipinski definition) is 4. The minimum Gasteiger partial charge on any atom is -0.494 e. The number of nitrogens with one attached hydrogen (secondary N) is 2. The second kappa shape index (κ2) is 10.1. The molecule has 0 saturated heterocycles. The topological polar surface area (TPSA) is 93.5 Å². The van der Waals surface area contributed by atoms with Gasteiger partial charge in [0.1, 0.15) is 5.75 Å². The Kier molecular flexibility index (Phi) is 7.46. The summed E-state index contributed by atoms with van der Waals surface area (Å²) in [5.74, 6) is 0.552. The highest BCUT2D eigenvalue weighted by atomic mass is 16.5. The number of benzene rings is 2. The van der Waals surface area contributed by atoms with Crippen molar-refractivity contribution < 1.29 is 14.3 Å². The quantitative estimate of drug-likeness (QED) is 0.609. The molecule has 0 aliphatic heterocycles. The number of nitrogens with two attached hydrogens (primary N) is 1. The lowest BCUT2D eigenvalue weighted by molar-refractivity contribution is -0.120. The Morgan fingerprint density at radius 1 is 0.960 bits per heavy atom. The lowest BCUT2D eigenvalue weighted by Gasteiger charge is -2.08. The number of carbonyl (C=O) groups is 2. The van der Waals surface area contributed by atoms with Gasteiger partial charge in [-0.05, 0) is 36.2 Å². The van der Waals surface area contributed by atoms with Crippen LogP contribution in [0.1, 0.15) is 18.4 Å². The number of rotatable bonds is 9. The Bertz CT molecular complexity index is 672. The highest BCUT2D eigenvalue weighted by molar-refractivity contribution is 5.90. The minimum absolute atomic E-state index is 0.0257. The maximum Gasteiger partial charge on any atom is 0.234 e. The van der Waals surface area contributed by atoms with Crippen molar-refractivity contribution in [1.82, 2.24) is 5.32 Å². The molecule has 2 rings (SSSR count). The second-order valence-electron chi connectivity index (χ2n) is 5.49. The Labute approximate surface area is 147 Å². The van der Waals surface area contributed by atoms with Crippen LogP contribution < -0.4 is 21.1 Å². The molecule has 0 aliphatic rings. The van der Waals surface area contributed by atoms with Crippen molar-refractivity contribution in [2.24, 2.45) is 5.73 Å². The van der Waals surface area contributed by atoms with Crippen LogP contribution in [0.2, 0.25) is 0 Å². The van der Waals surface area contributed by atoms with Gasteiger partial charge in [-0.1, -0.05) is 30.3 Å². The summed E-state index contributed by atoms with van der Waals surface area (Å²) in [4.78, 5) is 23.0. The van der Waals surface area contributed by atoms with E-state index in [2.05, 4.69) is 10.6 Å². The summed E-state index contributed by atoms with van der Waals surface area (Å²) in [6.45, 7) is 0.889. The maximum absolute atomic E-state index is 11.9. The largest absolute Gasteiger partial charge is 0.494 e. The third kappa shape index (κ3) is 7.05. The Morgan fingerprint density at radius 2 is 1.68 bits per heavy atom. The van der Waals surface area contributed by atoms with E-state index in [-0.39, 0.29) is 18.4 Å². The SMILES string of the molecule is NCC(=O)NCc1ccc(NC(=O)CCCOc2ccccc2)cc1. The molecule has 0 fully saturated rings. The third-order valence-corrected chi connectivity index (χ3v) is 3.47. The fourth-order valence-electron chi connectivity index (χ4n) is 2.14. The molecule has 0 saturated carbocycles. The Morgan fingerprint density at radius 3 is 2.36 bits per heavy atom. The van der Waals surface area contributed by atoms with E-state index in [1.807, 2.05) is 54.6 Å². The van der Waals surface area contributed by atoms with E-state index in [1.165, 1.54) is 0 Å². The predicted molar refractivity (Wildman–Crippen MR) is 97.1 cm³/mol. The van der Waals surface area contributed by atoms with Crippen LogP contribution in [0, 0.1) is 0 Å². The van der Waals surface area contributed by atoms with E-state index >= 15 is 0 Å². The van der Waals surface area contributed by atoms with Gasteiger partial charge >= 0.3 is 0 Å². The molecule has 0 radical (unpaired) electrons. The van der Waals surface area contributed by atoms with Crippen LogP contribution in [0.25, 0.3) is 0 Å². The molecule has 0 atom stereocenters. The normalized spacial score (nSPS) is 10.1. The number of carbonyl (C=O) groups excluding carboxylic acids is 2. The summed E-state index contributed by atoms with van der Waals surface area (Å²) < 4.78 is 5.55. The van der Waals surface area contributed by atoms with Crippen LogP contribution in [0.15, 0.2) is 54.6 Å². The zero-order valence-corrected chi connectivity index (χ0v) is 14.0. The number of amides is 2. The molecule has 0 unspecified atom stereocenters. The smallest absolute Gasteiger partial charge is 0.234 e. The van der Waals surface area contributed by atoms with Gasteiger partial charge in [0.2, 0.25) is 11.8 Å². The van der Waals surface area contributed by atoms with E-state index in [0.29, 0.717) is 26.0 Å². The van der Waals surface area contributed by atoms with Crippen molar-refractivity contribution in [3.63, 3.8) is 0 Å². The standard InChI is InChI=1S/C19H23N3O3/c20-13-19(24)21-14-15-8-10-16(11-9-15)22-18(23)7-4-12-25-17-5-2-1-3-6-17/h1-3,5-6,8-11H,4,7,12-14,20H2,(H,21,24)(H,22,23). The van der Waals surface area contributed by atoms with Gasteiger partial charge < -0.3 is 21.1 Å². The van der Waals surface area contributed by atoms with Gasteiger partial charge in [0, 0.05) is 18.7 Å². The number of ether oxygens (including phenoxy) is 1. The number of hydrogen-bond donors (Lipinski definition) is 3. The van der Waals surface area contributed by atoms with Crippen molar-refractivity contribution in [3.05, 3.63) is 60.2 Å². The molecule has 6 heteroatoms. The first-order valence-corrected chi connectivity index (χ1v) is 8.21. The maximum atomic E-state index is 11.9. The first-order valence-electron chi connectivity index (χ1n) is 8.21. The molecule has 0 aromatic heterocycles. The van der Waals surface area contributed by atoms with Crippen LogP contribution in [0.4, 0.5) is 5.69 Å². The van der Waals surface area contributed by atoms with Crippen molar-refractivity contribution in [2.75, 3.05) is 18.5 Å². The van der Waals surface area contributed by atoms with Gasteiger partial charge in [-0.25, -0.2) is 0 Å². The third-order valence-electron chi connectivity index (χ3n) is 3.47. The van der Waals surface area contributed by atoms with E-state index in [1.54, 1.807) is 0 Å². The predicted octanol–water partition coefficient (Wildman–Crippen LogP) is 2.06. The van der Waals surface area contributed by atoms with Gasteiger partial charge in [-0.3, -0.25) is 9.59 Å². The molecule has 2 aromatic rings. The van der Waals surface area contributed by atoms with Crippen molar-refractivity contribution >= 4 is 17.5 Å². The lowest BCUT2D eigenvalue weighted by Crippen LogP contribution is -2.29. The van der Waals surface area contributed by atoms with Crippen LogP contribution in [0.3, 0.4) is 0 Å². The molecule has 2 aromatic carbocycles. The molecule has 132 valence electrons. The molecule has 0 bridgehead atoms. The average molecular weight is 341 g/mol. The molecular formula is C19H23N3O3. The second-order valence-corrected chi connectivity index (χ2v) is 5.49. The summed E-state index contributed by atoms with van der Waals surface area (Å²) in [6, 6.07) is 16.8. The zero-order chi connectivity index (χ0) is 17.9. The van der Waals surface area contributed by atoms with Crippen LogP contribution in [-0.4, -0.2) is 25.0 Å². The summed E-state index contributed by atoms with van der Waals surface area (Å²) in [7, 11) is 0. The van der Waals surface area contributed by atoms with Crippen LogP contribution in [0.5, 0.6) is 5.75 Å². The monoisotopic (exact) mass is 341 g/mol. The summed E-state index contributed by atoms with van der Waals surface area (Å²) in [6.07, 6.45) is 1.03. The first-order chi connectivity index (χ1) is 12.2. The summed E-state index contributed by atoms with van der Waals surface area (Å²) >= 11 is 0. The van der Waals surface area contributed by atoms with Gasteiger partial charge in [-0.15, -0.1) is 0 Å². The van der Waals surface area contributed by atoms with Crippen molar-refractivity contribution in [2.45, 2.75) is 19.4 Å². The highest BCUT2D eigenvalue weighted by Crippen LogP contribution is 2.11. The van der Waals surface area contributed by atoms with Crippen molar-refractivity contribution in [3.8, 4) is 5.75 Å². The lowest BCUT2D eigenvalue weighted by atomic mass is 10.2. The molecule has 6 nitrogen and oxygen atoms in total. The molecule has 0 aliphatic carbocycles. The number of para-hydroxylation sites is 1. The summed E-state index contributed by atoms with van der Waals surface area (Å²) in [5.41, 5.74) is 6.90. The first kappa shape index (κ1) is 18.5. The molecule has 0 heterocycles. The van der Waals surface area contributed by atoms with Gasteiger partial charge in [-0.2, -0.15) is 0 Å². The molecular weight excluding hydrogens is 318 g/mol. The van der Waals surface area contributed by atoms with Gasteiger partial charge in [0.25, 0.3) is 0 Å². The van der Waals surface area contributed by atoms with E-state index < -0.39 is 0 Å². The van der Waals surface area contributed by atoms with E-state index in [0.717, 1.165) is 17.0 Å². The summed E-state index contributed by atoms with van der Waals surface area (Å²) in [5, 5.41) is 5.53. The van der Waals surface area contributed by atoms with Crippen LogP contribution >= 0.6 is 0 Å². The molecule has 4 N–H and O–H groups in total. The van der Waals surface area contributed by atoms with E-state index in [4.69, 9.17) is 10.5 Å². The zero-order valence-electron chi connectivity index (χ0n) is 14.0. The van der Waals surface area contributed by atoms with Crippen molar-refractivity contribution in [1.29, 1.82) is 0 Å². The average Bonchev–Trinajstić information content (AvgIpc) is 2.65. The van der Waals surface area contributed by atoms with Gasteiger partial charge in [0.05, 0.1) is 13.2 Å². The van der Waals surface area contributed by atoms with Crippen LogP contribution in [-0.2, 0) is 16.1 Å². The molecule has 2 amide bonds. The highest BCUT2D eigenvalue weighted by Gasteiger charge is 2.03. The molecule has 25 heavy (non-hydrogen) atoms. The van der Waals surface area contributed by atoms with E-state index in [9.17, 15) is 9.59 Å². The Hall–Kier alpha value is -2.86. The fraction of sp³-hybridized carbons (Fsp3) is 0.263. The fourth-order valence-corrected chi connectivity index (χ4v) is 2.14.